The molecule has 0 saturated carbocycles. The van der Waals surface area contributed by atoms with Crippen molar-refractivity contribution in [2.24, 2.45) is 5.73 Å². The molecule has 1 aliphatic rings. The minimum absolute atomic E-state index is 0.0694. The van der Waals surface area contributed by atoms with Gasteiger partial charge in [-0.25, -0.2) is 0 Å². The monoisotopic (exact) mass is 240 g/mol. The lowest BCUT2D eigenvalue weighted by Gasteiger charge is -2.33. The van der Waals surface area contributed by atoms with E-state index in [9.17, 15) is 0 Å². The van der Waals surface area contributed by atoms with E-state index in [0.29, 0.717) is 0 Å². The number of halogens is 1. The summed E-state index contributed by atoms with van der Waals surface area (Å²) in [4.78, 5) is 2.24. The van der Waals surface area contributed by atoms with Crippen molar-refractivity contribution < 1.29 is 4.74 Å². The molecule has 0 aromatic heterocycles. The van der Waals surface area contributed by atoms with Crippen molar-refractivity contribution in [1.82, 2.24) is 4.90 Å². The van der Waals surface area contributed by atoms with Crippen LogP contribution in [0.3, 0.4) is 0 Å². The highest BCUT2D eigenvalue weighted by atomic mass is 35.5. The summed E-state index contributed by atoms with van der Waals surface area (Å²) in [6.07, 6.45) is 0.0694. The minimum atomic E-state index is -0.0833. The highest BCUT2D eigenvalue weighted by Gasteiger charge is 2.24. The zero-order valence-corrected chi connectivity index (χ0v) is 10.2. The highest BCUT2D eigenvalue weighted by molar-refractivity contribution is 6.30. The van der Waals surface area contributed by atoms with Gasteiger partial charge < -0.3 is 15.4 Å². The molecule has 1 fully saturated rings. The van der Waals surface area contributed by atoms with E-state index >= 15 is 0 Å². The Kier molecular flexibility index (Phi) is 3.82. The van der Waals surface area contributed by atoms with Crippen LogP contribution in [0.1, 0.15) is 11.6 Å². The van der Waals surface area contributed by atoms with E-state index < -0.39 is 0 Å². The van der Waals surface area contributed by atoms with Gasteiger partial charge in [0.2, 0.25) is 0 Å². The van der Waals surface area contributed by atoms with Crippen LogP contribution in [-0.4, -0.2) is 37.7 Å². The van der Waals surface area contributed by atoms with Gasteiger partial charge in [0.15, 0.2) is 0 Å². The molecule has 16 heavy (non-hydrogen) atoms. The largest absolute Gasteiger partial charge is 0.374 e. The first-order chi connectivity index (χ1) is 7.66. The number of morpholine rings is 1. The van der Waals surface area contributed by atoms with Crippen molar-refractivity contribution in [1.29, 1.82) is 0 Å². The maximum Gasteiger partial charge on any atom is 0.0894 e. The highest BCUT2D eigenvalue weighted by Crippen LogP contribution is 2.21. The first-order valence-corrected chi connectivity index (χ1v) is 5.86. The summed E-state index contributed by atoms with van der Waals surface area (Å²) in [5.41, 5.74) is 7.26. The van der Waals surface area contributed by atoms with Gasteiger partial charge in [-0.05, 0) is 24.7 Å². The van der Waals surface area contributed by atoms with E-state index in [1.54, 1.807) is 0 Å². The van der Waals surface area contributed by atoms with Gasteiger partial charge in [0.05, 0.1) is 18.8 Å². The summed E-state index contributed by atoms with van der Waals surface area (Å²) in [5, 5.41) is 0.734. The summed E-state index contributed by atoms with van der Waals surface area (Å²) in [6, 6.07) is 7.57. The number of rotatable bonds is 2. The third kappa shape index (κ3) is 2.74. The molecule has 1 aromatic carbocycles. The summed E-state index contributed by atoms with van der Waals surface area (Å²) in [7, 11) is 2.09. The molecule has 1 saturated heterocycles. The summed E-state index contributed by atoms with van der Waals surface area (Å²) in [6.45, 7) is 2.61. The van der Waals surface area contributed by atoms with Crippen molar-refractivity contribution in [3.8, 4) is 0 Å². The first kappa shape index (κ1) is 11.9. The Labute approximate surface area is 101 Å². The standard InChI is InChI=1S/C12H17ClN2O/c1-15-6-7-16-11(8-15)12(14)9-2-4-10(13)5-3-9/h2-5,11-12H,6-8,14H2,1H3. The summed E-state index contributed by atoms with van der Waals surface area (Å²) < 4.78 is 5.70. The number of nitrogens with zero attached hydrogens (tertiary/aromatic N) is 1. The third-order valence-electron chi connectivity index (χ3n) is 2.95. The van der Waals surface area contributed by atoms with Crippen molar-refractivity contribution in [3.05, 3.63) is 34.9 Å². The molecule has 2 unspecified atom stereocenters. The SMILES string of the molecule is CN1CCOC(C(N)c2ccc(Cl)cc2)C1. The molecule has 1 aliphatic heterocycles. The maximum atomic E-state index is 6.19. The Balaban J connectivity index is 2.06. The number of hydrogen-bond donors (Lipinski definition) is 1. The molecule has 0 bridgehead atoms. The quantitative estimate of drug-likeness (QED) is 0.855. The topological polar surface area (TPSA) is 38.5 Å². The lowest BCUT2D eigenvalue weighted by atomic mass is 10.0. The van der Waals surface area contributed by atoms with E-state index in [1.165, 1.54) is 0 Å². The number of likely N-dealkylation sites (N-methyl/N-ethyl adjacent to an activating group) is 1. The predicted molar refractivity (Wildman–Crippen MR) is 65.6 cm³/mol. The second kappa shape index (κ2) is 5.15. The van der Waals surface area contributed by atoms with Crippen LogP contribution >= 0.6 is 11.6 Å². The average molecular weight is 241 g/mol. The Bertz CT molecular complexity index is 341. The van der Waals surface area contributed by atoms with E-state index in [4.69, 9.17) is 22.1 Å². The van der Waals surface area contributed by atoms with Gasteiger partial charge in [-0.15, -0.1) is 0 Å². The van der Waals surface area contributed by atoms with Crippen molar-refractivity contribution in [2.75, 3.05) is 26.7 Å². The van der Waals surface area contributed by atoms with Crippen LogP contribution in [0.5, 0.6) is 0 Å². The Hall–Kier alpha value is -0.610. The van der Waals surface area contributed by atoms with Gasteiger partial charge in [0, 0.05) is 18.1 Å². The molecule has 0 aliphatic carbocycles. The minimum Gasteiger partial charge on any atom is -0.374 e. The predicted octanol–water partition coefficient (Wildman–Crippen LogP) is 1.67. The van der Waals surface area contributed by atoms with Crippen LogP contribution in [0.2, 0.25) is 5.02 Å². The van der Waals surface area contributed by atoms with Crippen LogP contribution in [-0.2, 0) is 4.74 Å². The van der Waals surface area contributed by atoms with E-state index in [2.05, 4.69) is 11.9 Å². The number of benzene rings is 1. The normalized spacial score (nSPS) is 24.3. The molecule has 2 atom stereocenters. The summed E-state index contributed by atoms with van der Waals surface area (Å²) >= 11 is 5.85. The molecule has 3 nitrogen and oxygen atoms in total. The molecular weight excluding hydrogens is 224 g/mol. The van der Waals surface area contributed by atoms with Crippen LogP contribution in [0, 0.1) is 0 Å². The second-order valence-electron chi connectivity index (χ2n) is 4.25. The Morgan fingerprint density at radius 3 is 2.75 bits per heavy atom. The maximum absolute atomic E-state index is 6.19. The van der Waals surface area contributed by atoms with Crippen LogP contribution in [0.25, 0.3) is 0 Å². The molecule has 2 rings (SSSR count). The van der Waals surface area contributed by atoms with Gasteiger partial charge in [-0.3, -0.25) is 0 Å². The van der Waals surface area contributed by atoms with Gasteiger partial charge in [0.1, 0.15) is 0 Å². The smallest absolute Gasteiger partial charge is 0.0894 e. The van der Waals surface area contributed by atoms with Crippen LogP contribution < -0.4 is 5.73 Å². The fraction of sp³-hybridized carbons (Fsp3) is 0.500. The Morgan fingerprint density at radius 1 is 1.44 bits per heavy atom. The number of nitrogens with two attached hydrogens (primary N) is 1. The third-order valence-corrected chi connectivity index (χ3v) is 3.20. The number of ether oxygens (including phenoxy) is 1. The van der Waals surface area contributed by atoms with E-state index in [0.717, 1.165) is 30.3 Å². The van der Waals surface area contributed by atoms with Crippen LogP contribution in [0.4, 0.5) is 0 Å². The number of hydrogen-bond acceptors (Lipinski definition) is 3. The van der Waals surface area contributed by atoms with Gasteiger partial charge in [-0.2, -0.15) is 0 Å². The molecule has 0 spiro atoms. The molecule has 1 heterocycles. The molecule has 1 aromatic rings. The van der Waals surface area contributed by atoms with E-state index in [1.807, 2.05) is 24.3 Å². The molecule has 4 heteroatoms. The summed E-state index contributed by atoms with van der Waals surface area (Å²) in [5.74, 6) is 0. The fourth-order valence-electron chi connectivity index (χ4n) is 1.93. The van der Waals surface area contributed by atoms with Crippen LogP contribution in [0.15, 0.2) is 24.3 Å². The fourth-order valence-corrected chi connectivity index (χ4v) is 2.05. The second-order valence-corrected chi connectivity index (χ2v) is 4.69. The molecule has 88 valence electrons. The van der Waals surface area contributed by atoms with Gasteiger partial charge >= 0.3 is 0 Å². The Morgan fingerprint density at radius 2 is 2.12 bits per heavy atom. The van der Waals surface area contributed by atoms with Crippen molar-refractivity contribution in [2.45, 2.75) is 12.1 Å². The molecule has 2 N–H and O–H groups in total. The lowest BCUT2D eigenvalue weighted by molar-refractivity contribution is -0.0326. The molecular formula is C12H17ClN2O. The first-order valence-electron chi connectivity index (χ1n) is 5.48. The zero-order valence-electron chi connectivity index (χ0n) is 9.40. The lowest BCUT2D eigenvalue weighted by Crippen LogP contribution is -2.45. The van der Waals surface area contributed by atoms with Gasteiger partial charge in [-0.1, -0.05) is 23.7 Å². The van der Waals surface area contributed by atoms with E-state index in [-0.39, 0.29) is 12.1 Å². The van der Waals surface area contributed by atoms with Gasteiger partial charge in [0.25, 0.3) is 0 Å². The average Bonchev–Trinajstić information content (AvgIpc) is 2.29. The molecule has 0 radical (unpaired) electrons. The zero-order chi connectivity index (χ0) is 11.5. The van der Waals surface area contributed by atoms with Crippen molar-refractivity contribution in [3.63, 3.8) is 0 Å². The van der Waals surface area contributed by atoms with Crippen molar-refractivity contribution >= 4 is 11.6 Å². The molecule has 0 amide bonds.